The van der Waals surface area contributed by atoms with Gasteiger partial charge in [0.2, 0.25) is 0 Å². The summed E-state index contributed by atoms with van der Waals surface area (Å²) in [5.41, 5.74) is 7.42. The highest BCUT2D eigenvalue weighted by Crippen LogP contribution is 2.29. The number of carbonyl (C=O) groups is 2. The topological polar surface area (TPSA) is 97.9 Å². The lowest BCUT2D eigenvalue weighted by Gasteiger charge is -2.29. The molecule has 172 valence electrons. The molecule has 1 aliphatic heterocycles. The number of ether oxygens (including phenoxy) is 1. The largest absolute Gasteiger partial charge is 0.490 e. The third kappa shape index (κ3) is 5.60. The number of halogens is 1. The van der Waals surface area contributed by atoms with Crippen molar-refractivity contribution in [2.24, 2.45) is 22.6 Å². The van der Waals surface area contributed by atoms with E-state index in [4.69, 9.17) is 10.5 Å². The first-order valence-electron chi connectivity index (χ1n) is 11.1. The minimum atomic E-state index is -0.996. The number of nitrogens with zero attached hydrogens (tertiary/aromatic N) is 3. The number of allylic oxidation sites excluding steroid dienone is 3. The van der Waals surface area contributed by atoms with E-state index in [0.717, 1.165) is 6.42 Å². The van der Waals surface area contributed by atoms with Gasteiger partial charge in [0.25, 0.3) is 5.91 Å². The standard InChI is InChI=1S/C24H31FN4O3/c1-4-10-32-21-11-16(24(31)29-9-5-6-17(25)14-29)13-27-23(21)28-18-7-8-19(20(26)12-18)22(30)15(2)3/h7-8,11-13,15,17,19H,4-6,9-10,14,26H2,1-3H3/t17-,19?/m0/s1. The van der Waals surface area contributed by atoms with E-state index >= 15 is 0 Å². The molecule has 0 spiro atoms. The molecule has 7 nitrogen and oxygen atoms in total. The van der Waals surface area contributed by atoms with Crippen molar-refractivity contribution >= 4 is 23.2 Å². The highest BCUT2D eigenvalue weighted by molar-refractivity contribution is 6.08. The summed E-state index contributed by atoms with van der Waals surface area (Å²) < 4.78 is 19.5. The first-order chi connectivity index (χ1) is 15.3. The monoisotopic (exact) mass is 442 g/mol. The van der Waals surface area contributed by atoms with Crippen LogP contribution in [0, 0.1) is 11.8 Å². The fraction of sp³-hybridized carbons (Fsp3) is 0.500. The van der Waals surface area contributed by atoms with Gasteiger partial charge in [-0.05, 0) is 37.5 Å². The lowest BCUT2D eigenvalue weighted by molar-refractivity contribution is -0.123. The van der Waals surface area contributed by atoms with E-state index in [-0.39, 0.29) is 24.2 Å². The molecule has 2 N–H and O–H groups in total. The average Bonchev–Trinajstić information content (AvgIpc) is 2.77. The van der Waals surface area contributed by atoms with Crippen molar-refractivity contribution in [3.05, 3.63) is 41.8 Å². The van der Waals surface area contributed by atoms with Crippen LogP contribution in [0.3, 0.4) is 0 Å². The third-order valence-corrected chi connectivity index (χ3v) is 5.44. The van der Waals surface area contributed by atoms with Gasteiger partial charge in [0.15, 0.2) is 11.6 Å². The predicted octanol–water partition coefficient (Wildman–Crippen LogP) is 3.77. The molecule has 1 saturated heterocycles. The molecule has 1 aromatic rings. The van der Waals surface area contributed by atoms with Gasteiger partial charge < -0.3 is 15.4 Å². The van der Waals surface area contributed by atoms with E-state index < -0.39 is 12.1 Å². The summed E-state index contributed by atoms with van der Waals surface area (Å²) in [6.45, 7) is 6.72. The molecular weight excluding hydrogens is 411 g/mol. The van der Waals surface area contributed by atoms with Gasteiger partial charge in [-0.3, -0.25) is 9.59 Å². The van der Waals surface area contributed by atoms with Crippen molar-refractivity contribution < 1.29 is 18.7 Å². The summed E-state index contributed by atoms with van der Waals surface area (Å²) in [4.78, 5) is 35.5. The molecule has 0 aromatic carbocycles. The molecule has 1 aromatic heterocycles. The number of hydrogen-bond donors (Lipinski definition) is 1. The van der Waals surface area contributed by atoms with Crippen molar-refractivity contribution in [2.45, 2.75) is 46.2 Å². The number of amides is 1. The fourth-order valence-electron chi connectivity index (χ4n) is 3.67. The van der Waals surface area contributed by atoms with E-state index in [1.54, 1.807) is 24.3 Å². The number of rotatable bonds is 7. The zero-order chi connectivity index (χ0) is 23.3. The number of aromatic nitrogens is 1. The normalized spacial score (nSPS) is 22.2. The van der Waals surface area contributed by atoms with E-state index in [1.165, 1.54) is 11.1 Å². The predicted molar refractivity (Wildman–Crippen MR) is 122 cm³/mol. The molecule has 0 bridgehead atoms. The summed E-state index contributed by atoms with van der Waals surface area (Å²) in [5, 5.41) is 0. The summed E-state index contributed by atoms with van der Waals surface area (Å²) in [5.74, 6) is -0.105. The van der Waals surface area contributed by atoms with Gasteiger partial charge in [-0.25, -0.2) is 14.4 Å². The zero-order valence-corrected chi connectivity index (χ0v) is 18.9. The second kappa shape index (κ2) is 10.5. The van der Waals surface area contributed by atoms with E-state index in [1.807, 2.05) is 20.8 Å². The van der Waals surface area contributed by atoms with Crippen molar-refractivity contribution in [3.8, 4) is 5.75 Å². The maximum Gasteiger partial charge on any atom is 0.255 e. The van der Waals surface area contributed by atoms with Gasteiger partial charge in [0.1, 0.15) is 12.0 Å². The van der Waals surface area contributed by atoms with Crippen LogP contribution in [0.4, 0.5) is 10.2 Å². The smallest absolute Gasteiger partial charge is 0.255 e. The SMILES string of the molecule is CCCOc1cc(C(=O)N2CCC[C@H](F)C2)cnc1N=C1C=CC(C(=O)C(C)C)C(N)=C1. The van der Waals surface area contributed by atoms with Crippen molar-refractivity contribution in [1.29, 1.82) is 0 Å². The van der Waals surface area contributed by atoms with E-state index in [0.29, 0.717) is 54.5 Å². The lowest BCUT2D eigenvalue weighted by atomic mass is 9.89. The summed E-state index contributed by atoms with van der Waals surface area (Å²) in [6, 6.07) is 1.61. The molecule has 1 unspecified atom stereocenters. The number of likely N-dealkylation sites (tertiary alicyclic amines) is 1. The van der Waals surface area contributed by atoms with Crippen LogP contribution in [0.2, 0.25) is 0 Å². The number of carbonyl (C=O) groups excluding carboxylic acids is 2. The number of aliphatic imine (C=N–C) groups is 1. The Morgan fingerprint density at radius 3 is 2.84 bits per heavy atom. The molecule has 2 atom stereocenters. The molecule has 1 aliphatic carbocycles. The third-order valence-electron chi connectivity index (χ3n) is 5.44. The Balaban J connectivity index is 1.86. The minimum Gasteiger partial charge on any atom is -0.490 e. The Morgan fingerprint density at radius 1 is 1.41 bits per heavy atom. The highest BCUT2D eigenvalue weighted by Gasteiger charge is 2.26. The Labute approximate surface area is 188 Å². The van der Waals surface area contributed by atoms with Crippen LogP contribution in [0.25, 0.3) is 0 Å². The van der Waals surface area contributed by atoms with Gasteiger partial charge in [-0.15, -0.1) is 0 Å². The number of ketones is 1. The molecule has 2 heterocycles. The highest BCUT2D eigenvalue weighted by atomic mass is 19.1. The Bertz CT molecular complexity index is 955. The maximum absolute atomic E-state index is 13.7. The Hall–Kier alpha value is -3.03. The second-order valence-electron chi connectivity index (χ2n) is 8.46. The van der Waals surface area contributed by atoms with Crippen LogP contribution in [-0.4, -0.2) is 53.2 Å². The molecule has 32 heavy (non-hydrogen) atoms. The first-order valence-corrected chi connectivity index (χ1v) is 11.1. The van der Waals surface area contributed by atoms with Crippen molar-refractivity contribution in [2.75, 3.05) is 19.7 Å². The van der Waals surface area contributed by atoms with Gasteiger partial charge >= 0.3 is 0 Å². The molecule has 0 radical (unpaired) electrons. The van der Waals surface area contributed by atoms with Crippen LogP contribution in [0.1, 0.15) is 50.4 Å². The van der Waals surface area contributed by atoms with Crippen molar-refractivity contribution in [1.82, 2.24) is 9.88 Å². The number of piperidine rings is 1. The molecule has 3 rings (SSSR count). The van der Waals surface area contributed by atoms with Gasteiger partial charge in [0, 0.05) is 24.4 Å². The minimum absolute atomic E-state index is 0.0511. The lowest BCUT2D eigenvalue weighted by Crippen LogP contribution is -2.40. The fourth-order valence-corrected chi connectivity index (χ4v) is 3.67. The summed E-state index contributed by atoms with van der Waals surface area (Å²) in [7, 11) is 0. The number of pyridine rings is 1. The van der Waals surface area contributed by atoms with E-state index in [2.05, 4.69) is 9.98 Å². The average molecular weight is 443 g/mol. The molecular formula is C24H31FN4O3. The first kappa shape index (κ1) is 23.6. The Morgan fingerprint density at radius 2 is 2.19 bits per heavy atom. The van der Waals surface area contributed by atoms with Crippen molar-refractivity contribution in [3.63, 3.8) is 0 Å². The van der Waals surface area contributed by atoms with Crippen LogP contribution in [-0.2, 0) is 4.79 Å². The van der Waals surface area contributed by atoms with E-state index in [9.17, 15) is 14.0 Å². The number of alkyl halides is 1. The molecule has 0 saturated carbocycles. The van der Waals surface area contributed by atoms with Gasteiger partial charge in [-0.2, -0.15) is 0 Å². The number of hydrogen-bond acceptors (Lipinski definition) is 6. The molecule has 1 fully saturated rings. The molecule has 2 aliphatic rings. The quantitative estimate of drug-likeness (QED) is 0.693. The summed E-state index contributed by atoms with van der Waals surface area (Å²) >= 11 is 0. The maximum atomic E-state index is 13.7. The zero-order valence-electron chi connectivity index (χ0n) is 18.9. The number of Topliss-reactive ketones (excluding diaryl/α,β-unsaturated/α-hetero) is 1. The molecule has 8 heteroatoms. The van der Waals surface area contributed by atoms with Gasteiger partial charge in [-0.1, -0.05) is 26.8 Å². The molecule has 1 amide bonds. The second-order valence-corrected chi connectivity index (χ2v) is 8.46. The summed E-state index contributed by atoms with van der Waals surface area (Å²) in [6.07, 6.45) is 7.48. The van der Waals surface area contributed by atoms with Crippen LogP contribution < -0.4 is 10.5 Å². The van der Waals surface area contributed by atoms with Crippen LogP contribution in [0.15, 0.2) is 41.2 Å². The Kier molecular flexibility index (Phi) is 7.77. The van der Waals surface area contributed by atoms with Gasteiger partial charge in [0.05, 0.1) is 30.3 Å². The van der Waals surface area contributed by atoms with Crippen LogP contribution >= 0.6 is 0 Å². The number of nitrogens with two attached hydrogens (primary N) is 1. The van der Waals surface area contributed by atoms with Crippen LogP contribution in [0.5, 0.6) is 5.75 Å².